The fraction of sp³-hybridized carbons (Fsp3) is 0.143. The van der Waals surface area contributed by atoms with Gasteiger partial charge in [0.25, 0.3) is 0 Å². The fourth-order valence-corrected chi connectivity index (χ4v) is 3.60. The summed E-state index contributed by atoms with van der Waals surface area (Å²) in [6, 6.07) is 9.53. The number of nitrogens with two attached hydrogens (primary N) is 1. The lowest BCUT2D eigenvalue weighted by atomic mass is 10.2. The van der Waals surface area contributed by atoms with Crippen LogP contribution in [-0.4, -0.2) is 18.4 Å². The maximum absolute atomic E-state index is 12.5. The van der Waals surface area contributed by atoms with Crippen molar-refractivity contribution < 1.29 is 8.42 Å². The van der Waals surface area contributed by atoms with Crippen molar-refractivity contribution in [3.05, 3.63) is 59.9 Å². The Morgan fingerprint density at radius 1 is 1.29 bits per heavy atom. The van der Waals surface area contributed by atoms with Crippen LogP contribution in [-0.2, 0) is 10.0 Å². The number of rotatable bonds is 5. The fourth-order valence-electron chi connectivity index (χ4n) is 1.90. The largest absolute Gasteiger partial charge is 0.389 e. The van der Waals surface area contributed by atoms with E-state index in [1.54, 1.807) is 49.6 Å². The Hall–Kier alpha value is -1.83. The number of hydrogen-bond acceptors (Lipinski definition) is 4. The molecule has 1 atom stereocenters. The van der Waals surface area contributed by atoms with E-state index in [-0.39, 0.29) is 9.88 Å². The van der Waals surface area contributed by atoms with Crippen molar-refractivity contribution in [1.29, 1.82) is 0 Å². The number of benzene rings is 1. The van der Waals surface area contributed by atoms with Crippen molar-refractivity contribution in [1.82, 2.24) is 9.71 Å². The van der Waals surface area contributed by atoms with E-state index in [9.17, 15) is 8.42 Å². The zero-order valence-corrected chi connectivity index (χ0v) is 13.0. The molecule has 1 unspecified atom stereocenters. The molecule has 0 aliphatic heterocycles. The maximum Gasteiger partial charge on any atom is 0.241 e. The molecule has 7 heteroatoms. The number of sulfonamides is 1. The summed E-state index contributed by atoms with van der Waals surface area (Å²) in [4.78, 5) is 4.10. The average molecular weight is 321 g/mol. The van der Waals surface area contributed by atoms with Gasteiger partial charge in [-0.05, 0) is 24.6 Å². The molecular weight excluding hydrogens is 306 g/mol. The van der Waals surface area contributed by atoms with Gasteiger partial charge in [0.05, 0.1) is 4.90 Å². The number of thiocarbonyl (C=S) groups is 1. The van der Waals surface area contributed by atoms with Gasteiger partial charge in [0.1, 0.15) is 4.99 Å². The van der Waals surface area contributed by atoms with Gasteiger partial charge in [-0.2, -0.15) is 0 Å². The van der Waals surface area contributed by atoms with Gasteiger partial charge in [-0.25, -0.2) is 13.1 Å². The molecule has 0 aliphatic carbocycles. The van der Waals surface area contributed by atoms with Crippen molar-refractivity contribution in [2.45, 2.75) is 17.9 Å². The summed E-state index contributed by atoms with van der Waals surface area (Å²) < 4.78 is 27.6. The predicted molar refractivity (Wildman–Crippen MR) is 85.3 cm³/mol. The number of pyridine rings is 1. The van der Waals surface area contributed by atoms with Gasteiger partial charge in [0.15, 0.2) is 0 Å². The molecule has 0 amide bonds. The summed E-state index contributed by atoms with van der Waals surface area (Å²) in [5.74, 6) is 0. The van der Waals surface area contributed by atoms with Gasteiger partial charge in [0, 0.05) is 24.0 Å². The summed E-state index contributed by atoms with van der Waals surface area (Å²) in [6.07, 6.45) is 3.25. The predicted octanol–water partition coefficient (Wildman–Crippen LogP) is 1.76. The van der Waals surface area contributed by atoms with E-state index < -0.39 is 16.1 Å². The van der Waals surface area contributed by atoms with Gasteiger partial charge in [-0.3, -0.25) is 4.98 Å². The average Bonchev–Trinajstić information content (AvgIpc) is 2.47. The van der Waals surface area contributed by atoms with Crippen molar-refractivity contribution in [3.8, 4) is 0 Å². The van der Waals surface area contributed by atoms with E-state index in [0.29, 0.717) is 5.56 Å². The third-order valence-electron chi connectivity index (χ3n) is 2.96. The van der Waals surface area contributed by atoms with E-state index >= 15 is 0 Å². The Bertz CT molecular complexity index is 746. The van der Waals surface area contributed by atoms with Gasteiger partial charge in [0.2, 0.25) is 10.0 Å². The molecule has 0 saturated heterocycles. The molecule has 1 heterocycles. The second kappa shape index (κ2) is 6.30. The Morgan fingerprint density at radius 2 is 2.00 bits per heavy atom. The minimum atomic E-state index is -3.73. The molecule has 5 nitrogen and oxygen atoms in total. The minimum absolute atomic E-state index is 0.0463. The number of nitrogens with one attached hydrogen (secondary N) is 1. The van der Waals surface area contributed by atoms with Crippen LogP contribution < -0.4 is 10.5 Å². The quantitative estimate of drug-likeness (QED) is 0.820. The van der Waals surface area contributed by atoms with E-state index in [4.69, 9.17) is 18.0 Å². The van der Waals surface area contributed by atoms with E-state index in [1.807, 2.05) is 0 Å². The Labute approximate surface area is 129 Å². The van der Waals surface area contributed by atoms with Gasteiger partial charge in [-0.1, -0.05) is 36.5 Å². The van der Waals surface area contributed by atoms with Gasteiger partial charge >= 0.3 is 0 Å². The van der Waals surface area contributed by atoms with Crippen LogP contribution in [0.15, 0.2) is 53.7 Å². The van der Waals surface area contributed by atoms with Crippen LogP contribution >= 0.6 is 12.2 Å². The van der Waals surface area contributed by atoms with Crippen LogP contribution in [0.5, 0.6) is 0 Å². The SMILES string of the molecule is CC(NS(=O)(=O)c1ccccc1C(N)=S)c1cccnc1. The minimum Gasteiger partial charge on any atom is -0.389 e. The Balaban J connectivity index is 2.34. The normalized spacial score (nSPS) is 12.8. The molecule has 2 rings (SSSR count). The second-order valence-electron chi connectivity index (χ2n) is 4.49. The number of aromatic nitrogens is 1. The highest BCUT2D eigenvalue weighted by molar-refractivity contribution is 7.89. The summed E-state index contributed by atoms with van der Waals surface area (Å²) in [5, 5.41) is 0. The smallest absolute Gasteiger partial charge is 0.241 e. The lowest BCUT2D eigenvalue weighted by Crippen LogP contribution is -2.29. The van der Waals surface area contributed by atoms with Crippen LogP contribution in [0.2, 0.25) is 0 Å². The standard InChI is InChI=1S/C14H15N3O2S2/c1-10(11-5-4-8-16-9-11)17-21(18,19)13-7-3-2-6-12(13)14(15)20/h2-10,17H,1H3,(H2,15,20). The lowest BCUT2D eigenvalue weighted by Gasteiger charge is -2.16. The molecule has 3 N–H and O–H groups in total. The second-order valence-corrected chi connectivity index (χ2v) is 6.61. The molecule has 0 bridgehead atoms. The molecular formula is C14H15N3O2S2. The first-order chi connectivity index (χ1) is 9.92. The molecule has 0 radical (unpaired) electrons. The van der Waals surface area contributed by atoms with Crippen molar-refractivity contribution in [3.63, 3.8) is 0 Å². The van der Waals surface area contributed by atoms with E-state index in [2.05, 4.69) is 9.71 Å². The van der Waals surface area contributed by atoms with Crippen LogP contribution in [0.4, 0.5) is 0 Å². The third kappa shape index (κ3) is 3.63. The number of nitrogens with zero attached hydrogens (tertiary/aromatic N) is 1. The molecule has 21 heavy (non-hydrogen) atoms. The summed E-state index contributed by atoms with van der Waals surface area (Å²) >= 11 is 4.90. The Kier molecular flexibility index (Phi) is 4.66. The van der Waals surface area contributed by atoms with Crippen LogP contribution in [0.3, 0.4) is 0 Å². The lowest BCUT2D eigenvalue weighted by molar-refractivity contribution is 0.566. The molecule has 0 spiro atoms. The molecule has 1 aromatic heterocycles. The monoisotopic (exact) mass is 321 g/mol. The first-order valence-corrected chi connectivity index (χ1v) is 8.12. The van der Waals surface area contributed by atoms with E-state index in [1.165, 1.54) is 6.07 Å². The molecule has 2 aromatic rings. The zero-order chi connectivity index (χ0) is 15.5. The topological polar surface area (TPSA) is 85.1 Å². The highest BCUT2D eigenvalue weighted by atomic mass is 32.2. The maximum atomic E-state index is 12.5. The molecule has 0 saturated carbocycles. The van der Waals surface area contributed by atoms with Crippen molar-refractivity contribution >= 4 is 27.2 Å². The van der Waals surface area contributed by atoms with Crippen molar-refractivity contribution in [2.75, 3.05) is 0 Å². The first-order valence-electron chi connectivity index (χ1n) is 6.23. The molecule has 110 valence electrons. The highest BCUT2D eigenvalue weighted by Gasteiger charge is 2.22. The summed E-state index contributed by atoms with van der Waals surface area (Å²) in [7, 11) is -3.73. The molecule has 0 fully saturated rings. The van der Waals surface area contributed by atoms with Crippen LogP contribution in [0.1, 0.15) is 24.1 Å². The Morgan fingerprint density at radius 3 is 2.62 bits per heavy atom. The van der Waals surface area contributed by atoms with Crippen LogP contribution in [0.25, 0.3) is 0 Å². The number of hydrogen-bond donors (Lipinski definition) is 2. The summed E-state index contributed by atoms with van der Waals surface area (Å²) in [6.45, 7) is 1.75. The highest BCUT2D eigenvalue weighted by Crippen LogP contribution is 2.19. The van der Waals surface area contributed by atoms with Gasteiger partial charge in [-0.15, -0.1) is 0 Å². The third-order valence-corrected chi connectivity index (χ3v) is 4.78. The first kappa shape index (κ1) is 15.6. The summed E-state index contributed by atoms with van der Waals surface area (Å²) in [5.41, 5.74) is 6.69. The van der Waals surface area contributed by atoms with Crippen molar-refractivity contribution in [2.24, 2.45) is 5.73 Å². The van der Waals surface area contributed by atoms with Crippen LogP contribution in [0, 0.1) is 0 Å². The molecule has 1 aromatic carbocycles. The zero-order valence-electron chi connectivity index (χ0n) is 11.4. The molecule has 0 aliphatic rings. The van der Waals surface area contributed by atoms with E-state index in [0.717, 1.165) is 5.56 Å². The van der Waals surface area contributed by atoms with Gasteiger partial charge < -0.3 is 5.73 Å².